The highest BCUT2D eigenvalue weighted by molar-refractivity contribution is 6.42. The summed E-state index contributed by atoms with van der Waals surface area (Å²) in [6, 6.07) is 4.72. The van der Waals surface area contributed by atoms with E-state index in [2.05, 4.69) is 5.32 Å². The van der Waals surface area contributed by atoms with Gasteiger partial charge in [0.25, 0.3) is 0 Å². The predicted octanol–water partition coefficient (Wildman–Crippen LogP) is 6.28. The van der Waals surface area contributed by atoms with Gasteiger partial charge in [-0.05, 0) is 50.6 Å². The van der Waals surface area contributed by atoms with Crippen LogP contribution in [0.1, 0.15) is 55.6 Å². The molecular formula is C24H25Cl2F2NO5. The van der Waals surface area contributed by atoms with E-state index in [4.69, 9.17) is 37.4 Å². The van der Waals surface area contributed by atoms with E-state index in [0.717, 1.165) is 12.1 Å². The van der Waals surface area contributed by atoms with Crippen LogP contribution in [0.4, 0.5) is 13.6 Å². The van der Waals surface area contributed by atoms with Crippen molar-refractivity contribution in [3.8, 4) is 5.75 Å². The van der Waals surface area contributed by atoms with Crippen LogP contribution >= 0.6 is 23.2 Å². The highest BCUT2D eigenvalue weighted by Gasteiger charge is 2.29. The Bertz CT molecular complexity index is 1040. The van der Waals surface area contributed by atoms with Gasteiger partial charge in [0.15, 0.2) is 23.2 Å². The first-order valence-corrected chi connectivity index (χ1v) is 11.4. The smallest absolute Gasteiger partial charge is 0.408 e. The quantitative estimate of drug-likeness (QED) is 0.458. The molecule has 1 heterocycles. The lowest BCUT2D eigenvalue weighted by molar-refractivity contribution is 0.0223. The number of alkyl carbamates (subject to hydrolysis) is 1. The van der Waals surface area contributed by atoms with Gasteiger partial charge in [-0.2, -0.15) is 0 Å². The van der Waals surface area contributed by atoms with Crippen molar-refractivity contribution in [2.24, 2.45) is 0 Å². The molecule has 2 aromatic rings. The minimum atomic E-state index is -1.34. The monoisotopic (exact) mass is 515 g/mol. The summed E-state index contributed by atoms with van der Waals surface area (Å²) in [6.07, 6.45) is -0.285. The maximum absolute atomic E-state index is 14.8. The van der Waals surface area contributed by atoms with Gasteiger partial charge in [0, 0.05) is 18.4 Å². The number of carbonyl (C=O) groups is 2. The molecular weight excluding hydrogens is 491 g/mol. The molecule has 6 nitrogen and oxygen atoms in total. The van der Waals surface area contributed by atoms with E-state index in [-0.39, 0.29) is 21.2 Å². The van der Waals surface area contributed by atoms with Gasteiger partial charge in [-0.25, -0.2) is 13.6 Å². The molecule has 1 atom stereocenters. The first-order valence-electron chi connectivity index (χ1n) is 10.7. The summed E-state index contributed by atoms with van der Waals surface area (Å²) in [5.74, 6) is -3.39. The lowest BCUT2D eigenvalue weighted by atomic mass is 9.97. The van der Waals surface area contributed by atoms with E-state index in [1.807, 2.05) is 0 Å². The molecule has 1 saturated heterocycles. The molecule has 34 heavy (non-hydrogen) atoms. The lowest BCUT2D eigenvalue weighted by Crippen LogP contribution is -2.38. The Balaban J connectivity index is 1.91. The summed E-state index contributed by atoms with van der Waals surface area (Å²) in [5, 5.41) is 2.83. The number of ether oxygens (including phenoxy) is 3. The van der Waals surface area contributed by atoms with Crippen molar-refractivity contribution in [2.45, 2.75) is 51.4 Å². The maximum Gasteiger partial charge on any atom is 0.408 e. The van der Waals surface area contributed by atoms with Crippen molar-refractivity contribution in [1.82, 2.24) is 5.32 Å². The molecule has 0 saturated carbocycles. The number of hydrogen-bond acceptors (Lipinski definition) is 5. The number of amides is 1. The van der Waals surface area contributed by atoms with Gasteiger partial charge in [-0.3, -0.25) is 4.79 Å². The number of carbonyl (C=O) groups excluding carboxylic acids is 2. The molecule has 0 aliphatic carbocycles. The van der Waals surface area contributed by atoms with Crippen molar-refractivity contribution in [3.63, 3.8) is 0 Å². The third-order valence-electron chi connectivity index (χ3n) is 4.94. The molecule has 10 heteroatoms. The topological polar surface area (TPSA) is 73.9 Å². The maximum atomic E-state index is 14.8. The van der Waals surface area contributed by atoms with Gasteiger partial charge in [-0.1, -0.05) is 29.3 Å². The summed E-state index contributed by atoms with van der Waals surface area (Å²) in [7, 11) is 0. The predicted molar refractivity (Wildman–Crippen MR) is 124 cm³/mol. The van der Waals surface area contributed by atoms with Crippen LogP contribution in [0.25, 0.3) is 0 Å². The second kappa shape index (κ2) is 10.9. The highest BCUT2D eigenvalue weighted by atomic mass is 35.5. The molecule has 0 spiro atoms. The highest BCUT2D eigenvalue weighted by Crippen LogP contribution is 2.31. The average Bonchev–Trinajstić information content (AvgIpc) is 2.75. The van der Waals surface area contributed by atoms with Gasteiger partial charge < -0.3 is 19.5 Å². The fourth-order valence-corrected chi connectivity index (χ4v) is 3.67. The van der Waals surface area contributed by atoms with Gasteiger partial charge in [0.2, 0.25) is 0 Å². The molecule has 184 valence electrons. The summed E-state index contributed by atoms with van der Waals surface area (Å²) >= 11 is 12.0. The van der Waals surface area contributed by atoms with Crippen LogP contribution in [0, 0.1) is 11.6 Å². The van der Waals surface area contributed by atoms with Crippen LogP contribution in [0.3, 0.4) is 0 Å². The number of halogens is 4. The van der Waals surface area contributed by atoms with Crippen molar-refractivity contribution in [1.29, 1.82) is 0 Å². The Labute approximate surface area is 206 Å². The minimum absolute atomic E-state index is 0.139. The van der Waals surface area contributed by atoms with Gasteiger partial charge in [0.1, 0.15) is 17.7 Å². The van der Waals surface area contributed by atoms with Crippen LogP contribution in [-0.4, -0.2) is 36.8 Å². The first-order chi connectivity index (χ1) is 15.9. The van der Waals surface area contributed by atoms with E-state index in [9.17, 15) is 18.4 Å². The van der Waals surface area contributed by atoms with Crippen molar-refractivity contribution >= 4 is 35.1 Å². The zero-order chi connectivity index (χ0) is 25.0. The Kier molecular flexibility index (Phi) is 8.38. The fraction of sp³-hybridized carbons (Fsp3) is 0.417. The van der Waals surface area contributed by atoms with Crippen LogP contribution in [0.15, 0.2) is 30.3 Å². The fourth-order valence-electron chi connectivity index (χ4n) is 3.36. The van der Waals surface area contributed by atoms with Gasteiger partial charge >= 0.3 is 6.09 Å². The van der Waals surface area contributed by atoms with Crippen LogP contribution in [0.5, 0.6) is 5.75 Å². The third-order valence-corrected chi connectivity index (χ3v) is 5.67. The number of benzene rings is 2. The Morgan fingerprint density at radius 2 is 1.68 bits per heavy atom. The molecule has 0 bridgehead atoms. The molecule has 1 fully saturated rings. The normalized spacial score (nSPS) is 15.5. The molecule has 0 radical (unpaired) electrons. The summed E-state index contributed by atoms with van der Waals surface area (Å²) in [5.41, 5.74) is -0.883. The Morgan fingerprint density at radius 1 is 1.06 bits per heavy atom. The molecule has 1 aliphatic heterocycles. The first kappa shape index (κ1) is 26.2. The lowest BCUT2D eigenvalue weighted by Gasteiger charge is -2.25. The zero-order valence-electron chi connectivity index (χ0n) is 18.9. The summed E-state index contributed by atoms with van der Waals surface area (Å²) in [4.78, 5) is 25.7. The number of nitrogens with one attached hydrogen (secondary N) is 1. The van der Waals surface area contributed by atoms with E-state index >= 15 is 0 Å². The molecule has 1 aliphatic rings. The van der Waals surface area contributed by atoms with E-state index in [0.29, 0.717) is 26.1 Å². The second-order valence-corrected chi connectivity index (χ2v) is 9.63. The number of Topliss-reactive ketones (excluding diaryl/α,β-unsaturated/α-hetero) is 1. The van der Waals surface area contributed by atoms with E-state index < -0.39 is 47.0 Å². The summed E-state index contributed by atoms with van der Waals surface area (Å²) in [6.45, 7) is 5.84. The number of ketones is 1. The van der Waals surface area contributed by atoms with Crippen LogP contribution in [0.2, 0.25) is 10.0 Å². The Morgan fingerprint density at radius 3 is 2.24 bits per heavy atom. The standard InChI is InChI=1S/C24H25Cl2F2NO5/c1-24(2,3)34-23(31)29-20(13-4-5-16(25)17(26)10-13)21(30)14-11-18(27)22(19(28)12-14)33-15-6-8-32-9-7-15/h4-5,10-12,15,20H,6-9H2,1-3H3,(H,29,31). The molecule has 1 N–H and O–H groups in total. The second-order valence-electron chi connectivity index (χ2n) is 8.82. The largest absolute Gasteiger partial charge is 0.484 e. The van der Waals surface area contributed by atoms with Gasteiger partial charge in [-0.15, -0.1) is 0 Å². The third kappa shape index (κ3) is 6.81. The molecule has 0 aromatic heterocycles. The van der Waals surface area contributed by atoms with Crippen LogP contribution in [-0.2, 0) is 9.47 Å². The van der Waals surface area contributed by atoms with Crippen molar-refractivity contribution in [2.75, 3.05) is 13.2 Å². The van der Waals surface area contributed by atoms with Crippen molar-refractivity contribution < 1.29 is 32.6 Å². The van der Waals surface area contributed by atoms with E-state index in [1.165, 1.54) is 18.2 Å². The SMILES string of the molecule is CC(C)(C)OC(=O)NC(C(=O)c1cc(F)c(OC2CCOCC2)c(F)c1)c1ccc(Cl)c(Cl)c1. The van der Waals surface area contributed by atoms with E-state index in [1.54, 1.807) is 20.8 Å². The number of rotatable bonds is 6. The van der Waals surface area contributed by atoms with Crippen molar-refractivity contribution in [3.05, 3.63) is 63.1 Å². The Hall–Kier alpha value is -2.42. The zero-order valence-corrected chi connectivity index (χ0v) is 20.4. The average molecular weight is 516 g/mol. The molecule has 2 aromatic carbocycles. The molecule has 1 amide bonds. The molecule has 3 rings (SSSR count). The summed E-state index contributed by atoms with van der Waals surface area (Å²) < 4.78 is 45.5. The molecule has 1 unspecified atom stereocenters. The van der Waals surface area contributed by atoms with Gasteiger partial charge in [0.05, 0.1) is 23.3 Å². The van der Waals surface area contributed by atoms with Crippen LogP contribution < -0.4 is 10.1 Å². The number of hydrogen-bond donors (Lipinski definition) is 1. The minimum Gasteiger partial charge on any atom is -0.484 e.